The average molecular weight is 333 g/mol. The molecule has 0 fully saturated rings. The molecule has 0 spiro atoms. The number of nitrogens with zero attached hydrogens (tertiary/aromatic N) is 3. The standard InChI is InChI=1S/C19H19N5O/c1-14-18(15(2)24(23-14)17-11-7-4-8-12-17)13-20-22-19(25)21-16-9-5-3-6-10-16/h3-13H,1-2H3,(H2,21,22,25). The molecule has 6 nitrogen and oxygen atoms in total. The minimum absolute atomic E-state index is 0.395. The van der Waals surface area contributed by atoms with Crippen LogP contribution in [-0.4, -0.2) is 22.0 Å². The number of rotatable bonds is 4. The molecule has 0 bridgehead atoms. The predicted molar refractivity (Wildman–Crippen MR) is 99.2 cm³/mol. The molecule has 2 N–H and O–H groups in total. The van der Waals surface area contributed by atoms with E-state index in [0.717, 1.165) is 22.6 Å². The van der Waals surface area contributed by atoms with Crippen LogP contribution in [0, 0.1) is 13.8 Å². The molecule has 126 valence electrons. The number of hydrogen-bond acceptors (Lipinski definition) is 3. The highest BCUT2D eigenvalue weighted by atomic mass is 16.2. The quantitative estimate of drug-likeness (QED) is 0.565. The lowest BCUT2D eigenvalue weighted by Gasteiger charge is -2.04. The smallest absolute Gasteiger partial charge is 0.307 e. The predicted octanol–water partition coefficient (Wildman–Crippen LogP) is 3.64. The Balaban J connectivity index is 1.70. The third-order valence-corrected chi connectivity index (χ3v) is 3.74. The average Bonchev–Trinajstić information content (AvgIpc) is 2.91. The first-order chi connectivity index (χ1) is 12.1. The SMILES string of the molecule is Cc1nn(-c2ccccc2)c(C)c1C=NNC(=O)Nc1ccccc1. The van der Waals surface area contributed by atoms with Gasteiger partial charge in [-0.25, -0.2) is 14.9 Å². The van der Waals surface area contributed by atoms with E-state index in [2.05, 4.69) is 20.9 Å². The van der Waals surface area contributed by atoms with Gasteiger partial charge in [-0.1, -0.05) is 36.4 Å². The molecule has 0 saturated heterocycles. The van der Waals surface area contributed by atoms with Crippen molar-refractivity contribution in [2.75, 3.05) is 5.32 Å². The molecule has 2 amide bonds. The molecule has 0 atom stereocenters. The molecule has 0 radical (unpaired) electrons. The van der Waals surface area contributed by atoms with E-state index in [1.54, 1.807) is 6.21 Å². The Morgan fingerprint density at radius 3 is 2.36 bits per heavy atom. The first-order valence-electron chi connectivity index (χ1n) is 7.92. The van der Waals surface area contributed by atoms with Crippen molar-refractivity contribution in [3.63, 3.8) is 0 Å². The van der Waals surface area contributed by atoms with Crippen LogP contribution in [0.4, 0.5) is 10.5 Å². The molecule has 0 unspecified atom stereocenters. The maximum absolute atomic E-state index is 11.8. The molecule has 3 rings (SSSR count). The highest BCUT2D eigenvalue weighted by Gasteiger charge is 2.11. The molecule has 0 saturated carbocycles. The Kier molecular flexibility index (Phi) is 4.89. The van der Waals surface area contributed by atoms with Crippen molar-refractivity contribution in [3.05, 3.63) is 77.6 Å². The third-order valence-electron chi connectivity index (χ3n) is 3.74. The molecular formula is C19H19N5O. The van der Waals surface area contributed by atoms with Crippen LogP contribution in [0.25, 0.3) is 5.69 Å². The highest BCUT2D eigenvalue weighted by molar-refractivity contribution is 5.90. The summed E-state index contributed by atoms with van der Waals surface area (Å²) < 4.78 is 1.86. The van der Waals surface area contributed by atoms with Gasteiger partial charge in [0, 0.05) is 11.3 Å². The van der Waals surface area contributed by atoms with Crippen LogP contribution in [0.5, 0.6) is 0 Å². The lowest BCUT2D eigenvalue weighted by Crippen LogP contribution is -2.24. The van der Waals surface area contributed by atoms with E-state index in [9.17, 15) is 4.79 Å². The zero-order valence-electron chi connectivity index (χ0n) is 14.1. The Labute approximate surface area is 146 Å². The second kappa shape index (κ2) is 7.44. The van der Waals surface area contributed by atoms with Crippen LogP contribution in [0.3, 0.4) is 0 Å². The van der Waals surface area contributed by atoms with E-state index >= 15 is 0 Å². The maximum atomic E-state index is 11.8. The summed E-state index contributed by atoms with van der Waals surface area (Å²) in [6.07, 6.45) is 1.61. The lowest BCUT2D eigenvalue weighted by molar-refractivity contribution is 0.252. The number of carbonyl (C=O) groups is 1. The van der Waals surface area contributed by atoms with E-state index in [1.165, 1.54) is 0 Å². The van der Waals surface area contributed by atoms with Gasteiger partial charge in [0.1, 0.15) is 0 Å². The van der Waals surface area contributed by atoms with Gasteiger partial charge in [0.15, 0.2) is 0 Å². The number of carbonyl (C=O) groups excluding carboxylic acids is 1. The number of benzene rings is 2. The minimum Gasteiger partial charge on any atom is -0.307 e. The molecular weight excluding hydrogens is 314 g/mol. The number of hydrogen-bond donors (Lipinski definition) is 2. The molecule has 2 aromatic carbocycles. The van der Waals surface area contributed by atoms with Crippen molar-refractivity contribution < 1.29 is 4.79 Å². The van der Waals surface area contributed by atoms with Gasteiger partial charge in [0.25, 0.3) is 0 Å². The topological polar surface area (TPSA) is 71.3 Å². The first-order valence-corrected chi connectivity index (χ1v) is 7.92. The van der Waals surface area contributed by atoms with Gasteiger partial charge in [0.05, 0.1) is 23.3 Å². The van der Waals surface area contributed by atoms with Gasteiger partial charge < -0.3 is 5.32 Å². The Morgan fingerprint density at radius 1 is 1.04 bits per heavy atom. The molecule has 0 aliphatic rings. The van der Waals surface area contributed by atoms with Gasteiger partial charge in [-0.3, -0.25) is 0 Å². The molecule has 6 heteroatoms. The summed E-state index contributed by atoms with van der Waals surface area (Å²) in [6, 6.07) is 18.7. The normalized spacial score (nSPS) is 10.8. The largest absolute Gasteiger partial charge is 0.339 e. The van der Waals surface area contributed by atoms with Crippen molar-refractivity contribution in [2.45, 2.75) is 13.8 Å². The Hall–Kier alpha value is -3.41. The van der Waals surface area contributed by atoms with Crippen LogP contribution in [0.2, 0.25) is 0 Å². The summed E-state index contributed by atoms with van der Waals surface area (Å²) in [4.78, 5) is 11.8. The minimum atomic E-state index is -0.395. The van der Waals surface area contributed by atoms with Crippen LogP contribution in [-0.2, 0) is 0 Å². The van der Waals surface area contributed by atoms with E-state index < -0.39 is 6.03 Å². The van der Waals surface area contributed by atoms with Crippen molar-refractivity contribution in [3.8, 4) is 5.69 Å². The van der Waals surface area contributed by atoms with Gasteiger partial charge in [-0.15, -0.1) is 0 Å². The second-order valence-electron chi connectivity index (χ2n) is 5.52. The number of anilines is 1. The molecule has 3 aromatic rings. The van der Waals surface area contributed by atoms with Crippen LogP contribution < -0.4 is 10.7 Å². The monoisotopic (exact) mass is 333 g/mol. The summed E-state index contributed by atoms with van der Waals surface area (Å²) in [7, 11) is 0. The summed E-state index contributed by atoms with van der Waals surface area (Å²) in [6.45, 7) is 3.89. The number of urea groups is 1. The Morgan fingerprint density at radius 2 is 1.68 bits per heavy atom. The van der Waals surface area contributed by atoms with Crippen molar-refractivity contribution in [2.24, 2.45) is 5.10 Å². The lowest BCUT2D eigenvalue weighted by atomic mass is 10.2. The maximum Gasteiger partial charge on any atom is 0.339 e. The fourth-order valence-corrected chi connectivity index (χ4v) is 2.50. The summed E-state index contributed by atoms with van der Waals surface area (Å²) >= 11 is 0. The molecule has 1 aromatic heterocycles. The Bertz CT molecular complexity index is 885. The number of nitrogens with one attached hydrogen (secondary N) is 2. The van der Waals surface area contributed by atoms with E-state index in [0.29, 0.717) is 5.69 Å². The van der Waals surface area contributed by atoms with Crippen LogP contribution in [0.1, 0.15) is 17.0 Å². The highest BCUT2D eigenvalue weighted by Crippen LogP contribution is 2.16. The molecule has 25 heavy (non-hydrogen) atoms. The van der Waals surface area contributed by atoms with Crippen molar-refractivity contribution in [1.29, 1.82) is 0 Å². The van der Waals surface area contributed by atoms with Gasteiger partial charge in [-0.2, -0.15) is 10.2 Å². The van der Waals surface area contributed by atoms with Crippen LogP contribution >= 0.6 is 0 Å². The van der Waals surface area contributed by atoms with Gasteiger partial charge in [0.2, 0.25) is 0 Å². The number of aryl methyl sites for hydroxylation is 1. The van der Waals surface area contributed by atoms with Crippen molar-refractivity contribution in [1.82, 2.24) is 15.2 Å². The van der Waals surface area contributed by atoms with Gasteiger partial charge in [-0.05, 0) is 38.1 Å². The number of amides is 2. The first kappa shape index (κ1) is 16.4. The van der Waals surface area contributed by atoms with E-state index in [1.807, 2.05) is 79.2 Å². The summed E-state index contributed by atoms with van der Waals surface area (Å²) in [5.74, 6) is 0. The number of para-hydroxylation sites is 2. The molecule has 0 aliphatic carbocycles. The third kappa shape index (κ3) is 3.92. The zero-order chi connectivity index (χ0) is 17.6. The zero-order valence-corrected chi connectivity index (χ0v) is 14.1. The van der Waals surface area contributed by atoms with Crippen molar-refractivity contribution >= 4 is 17.9 Å². The fraction of sp³-hybridized carbons (Fsp3) is 0.105. The number of hydrazone groups is 1. The summed E-state index contributed by atoms with van der Waals surface area (Å²) in [5.41, 5.74) is 6.83. The van der Waals surface area contributed by atoms with Gasteiger partial charge >= 0.3 is 6.03 Å². The van der Waals surface area contributed by atoms with E-state index in [-0.39, 0.29) is 0 Å². The van der Waals surface area contributed by atoms with Crippen LogP contribution in [0.15, 0.2) is 65.8 Å². The molecule has 1 heterocycles. The fourth-order valence-electron chi connectivity index (χ4n) is 2.50. The summed E-state index contributed by atoms with van der Waals surface area (Å²) in [5, 5.41) is 11.3. The van der Waals surface area contributed by atoms with E-state index in [4.69, 9.17) is 0 Å². The number of aromatic nitrogens is 2. The second-order valence-corrected chi connectivity index (χ2v) is 5.52. The molecule has 0 aliphatic heterocycles.